The van der Waals surface area contributed by atoms with Crippen molar-refractivity contribution in [2.75, 3.05) is 0 Å². The Morgan fingerprint density at radius 2 is 1.97 bits per heavy atom. The molecule has 2 aromatic carbocycles. The van der Waals surface area contributed by atoms with Gasteiger partial charge in [0.15, 0.2) is 6.10 Å². The fourth-order valence-corrected chi connectivity index (χ4v) is 3.88. The molecule has 4 N–H and O–H groups in total. The molecule has 1 aromatic heterocycles. The van der Waals surface area contributed by atoms with E-state index in [1.54, 1.807) is 0 Å². The van der Waals surface area contributed by atoms with E-state index in [0.717, 1.165) is 27.7 Å². The number of carboxylic acid groups (broad SMARTS) is 1. The first-order valence-corrected chi connectivity index (χ1v) is 10.7. The minimum Gasteiger partial charge on any atom is -0.489 e. The van der Waals surface area contributed by atoms with E-state index in [4.69, 9.17) is 19.9 Å². The molecule has 34 heavy (non-hydrogen) atoms. The molecule has 0 radical (unpaired) electrons. The number of ether oxygens (including phenoxy) is 1. The van der Waals surface area contributed by atoms with Gasteiger partial charge in [0.2, 0.25) is 5.91 Å². The van der Waals surface area contributed by atoms with E-state index in [0.29, 0.717) is 24.5 Å². The molecule has 0 aliphatic carbocycles. The molecule has 2 heterocycles. The molecule has 1 aliphatic rings. The molecule has 1 aliphatic heterocycles. The van der Waals surface area contributed by atoms with Crippen LogP contribution >= 0.6 is 0 Å². The third-order valence-corrected chi connectivity index (χ3v) is 5.49. The first-order chi connectivity index (χ1) is 16.4. The Bertz CT molecular complexity index is 1230. The maximum Gasteiger partial charge on any atom is 0.405 e. The van der Waals surface area contributed by atoms with Crippen LogP contribution in [0.2, 0.25) is 0 Å². The lowest BCUT2D eigenvalue weighted by Crippen LogP contribution is -2.45. The average molecular weight is 464 g/mol. The smallest absolute Gasteiger partial charge is 0.405 e. The summed E-state index contributed by atoms with van der Waals surface area (Å²) in [5, 5.41) is 25.1. The van der Waals surface area contributed by atoms with Crippen molar-refractivity contribution in [3.63, 3.8) is 0 Å². The normalized spacial score (nSPS) is 15.8. The number of nitrogens with zero attached hydrogens (tertiary/aromatic N) is 2. The van der Waals surface area contributed by atoms with Gasteiger partial charge in [-0.05, 0) is 48.9 Å². The van der Waals surface area contributed by atoms with Gasteiger partial charge in [0.25, 0.3) is 0 Å². The molecular weight excluding hydrogens is 440 g/mol. The van der Waals surface area contributed by atoms with Crippen molar-refractivity contribution < 1.29 is 29.5 Å². The number of hydroxylamine groups is 1. The first-order valence-electron chi connectivity index (χ1n) is 10.7. The molecule has 4 rings (SSSR count). The van der Waals surface area contributed by atoms with E-state index in [-0.39, 0.29) is 6.42 Å². The number of benzene rings is 2. The maximum absolute atomic E-state index is 11.5. The Hall–Kier alpha value is -4.18. The topological polar surface area (TPSA) is 142 Å². The molecule has 3 aromatic rings. The highest BCUT2D eigenvalue weighted by molar-refractivity contribution is 6.01. The minimum absolute atomic E-state index is 0.286. The van der Waals surface area contributed by atoms with Gasteiger partial charge >= 0.3 is 6.09 Å². The second-order valence-corrected chi connectivity index (χ2v) is 7.93. The lowest BCUT2D eigenvalue weighted by Gasteiger charge is -2.20. The largest absolute Gasteiger partial charge is 0.489 e. The van der Waals surface area contributed by atoms with Crippen LogP contribution in [0, 0.1) is 6.92 Å². The summed E-state index contributed by atoms with van der Waals surface area (Å²) in [4.78, 5) is 32.5. The van der Waals surface area contributed by atoms with E-state index in [1.807, 2.05) is 61.5 Å². The van der Waals surface area contributed by atoms with Gasteiger partial charge in [-0.1, -0.05) is 23.4 Å². The number of hydrogen-bond donors (Lipinski definition) is 4. The molecule has 10 nitrogen and oxygen atoms in total. The number of amides is 2. The van der Waals surface area contributed by atoms with E-state index in [2.05, 4.69) is 15.5 Å². The molecule has 0 spiro atoms. The third-order valence-electron chi connectivity index (χ3n) is 5.49. The zero-order chi connectivity index (χ0) is 24.1. The predicted octanol–water partition coefficient (Wildman–Crippen LogP) is 3.15. The van der Waals surface area contributed by atoms with Gasteiger partial charge in [-0.3, -0.25) is 15.0 Å². The van der Waals surface area contributed by atoms with Crippen molar-refractivity contribution in [3.8, 4) is 5.75 Å². The number of oxime groups is 1. The first kappa shape index (κ1) is 23.0. The van der Waals surface area contributed by atoms with Crippen LogP contribution in [-0.4, -0.2) is 45.2 Å². The Balaban J connectivity index is 1.39. The van der Waals surface area contributed by atoms with Gasteiger partial charge in [0, 0.05) is 23.1 Å². The predicted molar refractivity (Wildman–Crippen MR) is 123 cm³/mol. The zero-order valence-electron chi connectivity index (χ0n) is 18.4. The molecule has 0 fully saturated rings. The van der Waals surface area contributed by atoms with Crippen molar-refractivity contribution in [1.29, 1.82) is 0 Å². The molecule has 0 saturated heterocycles. The van der Waals surface area contributed by atoms with Crippen molar-refractivity contribution >= 4 is 28.6 Å². The van der Waals surface area contributed by atoms with Gasteiger partial charge in [-0.2, -0.15) is 0 Å². The van der Waals surface area contributed by atoms with Gasteiger partial charge in [0.05, 0.1) is 23.7 Å². The summed E-state index contributed by atoms with van der Waals surface area (Å²) in [7, 11) is 0. The number of para-hydroxylation sites is 1. The van der Waals surface area contributed by atoms with Crippen molar-refractivity contribution in [3.05, 3.63) is 71.4 Å². The van der Waals surface area contributed by atoms with Crippen LogP contribution in [-0.2, 0) is 16.2 Å². The van der Waals surface area contributed by atoms with Gasteiger partial charge in [-0.15, -0.1) is 0 Å². The second kappa shape index (κ2) is 10.2. The number of aromatic nitrogens is 1. The summed E-state index contributed by atoms with van der Waals surface area (Å²) in [6, 6.07) is 16.4. The quantitative estimate of drug-likeness (QED) is 0.296. The molecule has 2 unspecified atom stereocenters. The Morgan fingerprint density at radius 1 is 1.21 bits per heavy atom. The van der Waals surface area contributed by atoms with E-state index >= 15 is 0 Å². The van der Waals surface area contributed by atoms with E-state index in [1.165, 1.54) is 5.48 Å². The van der Waals surface area contributed by atoms with E-state index in [9.17, 15) is 9.59 Å². The lowest BCUT2D eigenvalue weighted by molar-refractivity contribution is -0.130. The summed E-state index contributed by atoms with van der Waals surface area (Å²) in [5.74, 6) is -0.0436. The van der Waals surface area contributed by atoms with Crippen LogP contribution in [0.15, 0.2) is 59.8 Å². The summed E-state index contributed by atoms with van der Waals surface area (Å²) in [5.41, 5.74) is 5.81. The van der Waals surface area contributed by atoms with Crippen molar-refractivity contribution in [1.82, 2.24) is 15.8 Å². The molecule has 10 heteroatoms. The van der Waals surface area contributed by atoms with Crippen molar-refractivity contribution in [2.45, 2.75) is 38.5 Å². The van der Waals surface area contributed by atoms with Gasteiger partial charge < -0.3 is 20.0 Å². The van der Waals surface area contributed by atoms with E-state index < -0.39 is 24.1 Å². The number of carbonyl (C=O) groups excluding carboxylic acids is 1. The monoisotopic (exact) mass is 464 g/mol. The van der Waals surface area contributed by atoms with Crippen LogP contribution in [0.25, 0.3) is 10.9 Å². The SMILES string of the molecule is Cc1cc(COc2ccc(C3=NOC(C(CC(=O)NO)NC(=O)O)C3)cc2)c2ccccc2n1. The van der Waals surface area contributed by atoms with Crippen LogP contribution in [0.5, 0.6) is 5.75 Å². The Morgan fingerprint density at radius 3 is 2.71 bits per heavy atom. The summed E-state index contributed by atoms with van der Waals surface area (Å²) in [6.45, 7) is 2.35. The molecule has 0 bridgehead atoms. The molecule has 176 valence electrons. The molecule has 2 atom stereocenters. The fourth-order valence-electron chi connectivity index (χ4n) is 3.88. The second-order valence-electron chi connectivity index (χ2n) is 7.93. The number of fused-ring (bicyclic) bond motifs is 1. The summed E-state index contributed by atoms with van der Waals surface area (Å²) >= 11 is 0. The number of aryl methyl sites for hydroxylation is 1. The number of nitrogens with one attached hydrogen (secondary N) is 2. The highest BCUT2D eigenvalue weighted by Crippen LogP contribution is 2.24. The van der Waals surface area contributed by atoms with Crippen LogP contribution in [0.1, 0.15) is 29.7 Å². The minimum atomic E-state index is -1.30. The highest BCUT2D eigenvalue weighted by Gasteiger charge is 2.33. The highest BCUT2D eigenvalue weighted by atomic mass is 16.6. The molecule has 0 saturated carbocycles. The van der Waals surface area contributed by atoms with Crippen molar-refractivity contribution in [2.24, 2.45) is 5.16 Å². The molecular formula is C24H24N4O6. The van der Waals surface area contributed by atoms with Crippen LogP contribution < -0.4 is 15.5 Å². The number of rotatable bonds is 8. The number of pyridine rings is 1. The summed E-state index contributed by atoms with van der Waals surface area (Å²) < 4.78 is 5.99. The fraction of sp³-hybridized carbons (Fsp3) is 0.250. The van der Waals surface area contributed by atoms with Gasteiger partial charge in [-0.25, -0.2) is 10.3 Å². The summed E-state index contributed by atoms with van der Waals surface area (Å²) in [6.07, 6.45) is -1.97. The van der Waals surface area contributed by atoms with Gasteiger partial charge in [0.1, 0.15) is 12.4 Å². The lowest BCUT2D eigenvalue weighted by atomic mass is 9.98. The third kappa shape index (κ3) is 5.41. The number of carbonyl (C=O) groups is 2. The van der Waals surface area contributed by atoms with Crippen LogP contribution in [0.3, 0.4) is 0 Å². The Labute approximate surface area is 195 Å². The average Bonchev–Trinajstić information content (AvgIpc) is 3.32. The Kier molecular flexibility index (Phi) is 6.88. The standard InChI is InChI=1S/C24H24N4O6/c1-14-10-16(18-4-2-3-5-19(18)25-14)13-33-17-8-6-15(7-9-17)20-11-22(34-28-20)21(26-24(30)31)12-23(29)27-32/h2-10,21-22,26,32H,11-13H2,1H3,(H,27,29)(H,30,31). The zero-order valence-corrected chi connectivity index (χ0v) is 18.4. The maximum atomic E-state index is 11.5. The van der Waals surface area contributed by atoms with Crippen LogP contribution in [0.4, 0.5) is 4.79 Å². The molecule has 2 amide bonds. The number of hydrogen-bond acceptors (Lipinski definition) is 7.